The van der Waals surface area contributed by atoms with E-state index in [0.29, 0.717) is 15.1 Å². The highest BCUT2D eigenvalue weighted by Crippen LogP contribution is 2.35. The number of thiophene rings is 1. The Kier molecular flexibility index (Phi) is 2.75. The van der Waals surface area contributed by atoms with Gasteiger partial charge in [-0.3, -0.25) is 0 Å². The zero-order valence-electron chi connectivity index (χ0n) is 5.80. The van der Waals surface area contributed by atoms with Crippen LogP contribution in [0.5, 0.6) is 0 Å². The minimum atomic E-state index is -5.22. The summed E-state index contributed by atoms with van der Waals surface area (Å²) in [5.74, 6) is 0. The van der Waals surface area contributed by atoms with Gasteiger partial charge in [-0.15, -0.1) is 11.3 Å². The maximum Gasteiger partial charge on any atom is 0.502 e. The molecule has 74 valence electrons. The normalized spacial score (nSPS) is 13.2. The molecule has 0 saturated heterocycles. The second kappa shape index (κ2) is 3.25. The Morgan fingerprint density at radius 1 is 1.31 bits per heavy atom. The van der Waals surface area contributed by atoms with Gasteiger partial charge in [-0.25, -0.2) is 8.42 Å². The number of sulfone groups is 1. The molecular formula is C5H2BrF3O2S2. The van der Waals surface area contributed by atoms with Crippen LogP contribution in [0, 0.1) is 0 Å². The fourth-order valence-corrected chi connectivity index (χ4v) is 3.46. The summed E-state index contributed by atoms with van der Waals surface area (Å²) in [5, 5.41) is 0. The highest BCUT2D eigenvalue weighted by atomic mass is 79.9. The fourth-order valence-electron chi connectivity index (χ4n) is 0.556. The van der Waals surface area contributed by atoms with Crippen molar-refractivity contribution in [3.05, 3.63) is 15.9 Å². The Labute approximate surface area is 84.4 Å². The van der Waals surface area contributed by atoms with Gasteiger partial charge in [-0.2, -0.15) is 13.2 Å². The number of alkyl halides is 3. The summed E-state index contributed by atoms with van der Waals surface area (Å²) in [7, 11) is -5.17. The number of rotatable bonds is 1. The first kappa shape index (κ1) is 11.0. The third kappa shape index (κ3) is 2.05. The lowest BCUT2D eigenvalue weighted by Crippen LogP contribution is -2.22. The van der Waals surface area contributed by atoms with Gasteiger partial charge in [0.15, 0.2) is 0 Å². The minimum absolute atomic E-state index is 0.343. The monoisotopic (exact) mass is 294 g/mol. The smallest absolute Gasteiger partial charge is 0.213 e. The molecule has 0 saturated carbocycles. The molecule has 13 heavy (non-hydrogen) atoms. The molecule has 0 fully saturated rings. The van der Waals surface area contributed by atoms with Gasteiger partial charge >= 0.3 is 5.51 Å². The van der Waals surface area contributed by atoms with Crippen LogP contribution >= 0.6 is 27.3 Å². The molecule has 1 aromatic heterocycles. The van der Waals surface area contributed by atoms with Crippen LogP contribution < -0.4 is 0 Å². The van der Waals surface area contributed by atoms with E-state index < -0.39 is 19.6 Å². The Morgan fingerprint density at radius 3 is 2.15 bits per heavy atom. The first-order chi connectivity index (χ1) is 5.75. The van der Waals surface area contributed by atoms with E-state index in [1.165, 1.54) is 6.07 Å². The lowest BCUT2D eigenvalue weighted by molar-refractivity contribution is -0.0434. The Bertz CT molecular complexity index is 406. The standard InChI is InChI=1S/C5H2BrF3O2S2/c6-3-1-2-4(12-3)13(10,11)5(7,8)9/h1-2H. The van der Waals surface area contributed by atoms with Crippen LogP contribution in [0.4, 0.5) is 13.2 Å². The van der Waals surface area contributed by atoms with Crippen molar-refractivity contribution in [2.24, 2.45) is 0 Å². The summed E-state index contributed by atoms with van der Waals surface area (Å²) >= 11 is 3.41. The quantitative estimate of drug-likeness (QED) is 0.798. The van der Waals surface area contributed by atoms with Crippen molar-refractivity contribution >= 4 is 37.1 Å². The van der Waals surface area contributed by atoms with Crippen LogP contribution in [0.3, 0.4) is 0 Å². The van der Waals surface area contributed by atoms with Crippen molar-refractivity contribution in [1.82, 2.24) is 0 Å². The minimum Gasteiger partial charge on any atom is -0.213 e. The Morgan fingerprint density at radius 2 is 1.85 bits per heavy atom. The van der Waals surface area contributed by atoms with Gasteiger partial charge in [-0.05, 0) is 28.1 Å². The molecule has 0 N–H and O–H groups in total. The van der Waals surface area contributed by atoms with Gasteiger partial charge in [0, 0.05) is 0 Å². The topological polar surface area (TPSA) is 34.1 Å². The first-order valence-electron chi connectivity index (χ1n) is 2.82. The van der Waals surface area contributed by atoms with Crippen LogP contribution in [0.1, 0.15) is 0 Å². The van der Waals surface area contributed by atoms with Gasteiger partial charge in [0.2, 0.25) is 0 Å². The molecule has 8 heteroatoms. The molecule has 0 aliphatic heterocycles. The van der Waals surface area contributed by atoms with Crippen molar-refractivity contribution in [2.45, 2.75) is 9.72 Å². The lowest BCUT2D eigenvalue weighted by Gasteiger charge is -2.04. The summed E-state index contributed by atoms with van der Waals surface area (Å²) in [4.78, 5) is 0. The molecule has 0 spiro atoms. The van der Waals surface area contributed by atoms with E-state index in [1.54, 1.807) is 0 Å². The molecule has 0 unspecified atom stereocenters. The van der Waals surface area contributed by atoms with Crippen LogP contribution in [-0.4, -0.2) is 13.9 Å². The molecule has 1 rings (SSSR count). The molecule has 1 aromatic rings. The van der Waals surface area contributed by atoms with E-state index in [2.05, 4.69) is 15.9 Å². The summed E-state index contributed by atoms with van der Waals surface area (Å²) < 4.78 is 56.9. The van der Waals surface area contributed by atoms with Crippen molar-refractivity contribution in [2.75, 3.05) is 0 Å². The highest BCUT2D eigenvalue weighted by molar-refractivity contribution is 9.11. The third-order valence-corrected chi connectivity index (χ3v) is 4.72. The van der Waals surface area contributed by atoms with E-state index in [9.17, 15) is 21.6 Å². The van der Waals surface area contributed by atoms with Crippen LogP contribution in [-0.2, 0) is 9.84 Å². The molecule has 2 nitrogen and oxygen atoms in total. The van der Waals surface area contributed by atoms with Crippen LogP contribution in [0.2, 0.25) is 0 Å². The molecule has 0 bridgehead atoms. The number of hydrogen-bond acceptors (Lipinski definition) is 3. The second-order valence-corrected chi connectivity index (χ2v) is 6.64. The zero-order valence-corrected chi connectivity index (χ0v) is 9.02. The maximum atomic E-state index is 11.9. The van der Waals surface area contributed by atoms with E-state index in [0.717, 1.165) is 6.07 Å². The summed E-state index contributed by atoms with van der Waals surface area (Å²) in [6.07, 6.45) is 0. The van der Waals surface area contributed by atoms with Crippen molar-refractivity contribution in [3.63, 3.8) is 0 Å². The third-order valence-electron chi connectivity index (χ3n) is 1.12. The van der Waals surface area contributed by atoms with Crippen molar-refractivity contribution in [3.8, 4) is 0 Å². The predicted octanol–water partition coefficient (Wildman–Crippen LogP) is 2.80. The number of halogens is 4. The lowest BCUT2D eigenvalue weighted by atomic mass is 10.7. The van der Waals surface area contributed by atoms with E-state index in [-0.39, 0.29) is 0 Å². The summed E-state index contributed by atoms with van der Waals surface area (Å²) in [6, 6.07) is 2.17. The highest BCUT2D eigenvalue weighted by Gasteiger charge is 2.47. The SMILES string of the molecule is O=S(=O)(c1ccc(Br)s1)C(F)(F)F. The van der Waals surface area contributed by atoms with Gasteiger partial charge in [0.1, 0.15) is 4.21 Å². The molecule has 1 heterocycles. The summed E-state index contributed by atoms with van der Waals surface area (Å²) in [6.45, 7) is 0. The summed E-state index contributed by atoms with van der Waals surface area (Å²) in [5.41, 5.74) is -5.22. The van der Waals surface area contributed by atoms with E-state index >= 15 is 0 Å². The van der Waals surface area contributed by atoms with E-state index in [1.807, 2.05) is 0 Å². The first-order valence-corrected chi connectivity index (χ1v) is 5.91. The van der Waals surface area contributed by atoms with E-state index in [4.69, 9.17) is 0 Å². The molecule has 0 aliphatic rings. The molecule has 0 radical (unpaired) electrons. The van der Waals surface area contributed by atoms with Gasteiger partial charge in [0.25, 0.3) is 9.84 Å². The van der Waals surface area contributed by atoms with Crippen molar-refractivity contribution < 1.29 is 21.6 Å². The Hall–Kier alpha value is -0.0800. The molecule has 0 amide bonds. The Balaban J connectivity index is 3.24. The number of hydrogen-bond donors (Lipinski definition) is 0. The van der Waals surface area contributed by atoms with Gasteiger partial charge in [0.05, 0.1) is 3.79 Å². The molecule has 0 aromatic carbocycles. The zero-order chi connectivity index (χ0) is 10.3. The largest absolute Gasteiger partial charge is 0.502 e. The van der Waals surface area contributed by atoms with Crippen LogP contribution in [0.15, 0.2) is 20.1 Å². The fraction of sp³-hybridized carbons (Fsp3) is 0.200. The van der Waals surface area contributed by atoms with Crippen molar-refractivity contribution in [1.29, 1.82) is 0 Å². The maximum absolute atomic E-state index is 11.9. The van der Waals surface area contributed by atoms with Crippen LogP contribution in [0.25, 0.3) is 0 Å². The molecule has 0 atom stereocenters. The average molecular weight is 295 g/mol. The average Bonchev–Trinajstić information content (AvgIpc) is 2.33. The molecular weight excluding hydrogens is 293 g/mol. The van der Waals surface area contributed by atoms with Gasteiger partial charge in [-0.1, -0.05) is 0 Å². The molecule has 0 aliphatic carbocycles. The van der Waals surface area contributed by atoms with Gasteiger partial charge < -0.3 is 0 Å². The predicted molar refractivity (Wildman–Crippen MR) is 45.3 cm³/mol. The second-order valence-electron chi connectivity index (χ2n) is 2.01.